The van der Waals surface area contributed by atoms with Crippen molar-refractivity contribution in [2.24, 2.45) is 7.05 Å². The van der Waals surface area contributed by atoms with Crippen molar-refractivity contribution in [2.75, 3.05) is 19.7 Å². The minimum atomic E-state index is -0.0542. The summed E-state index contributed by atoms with van der Waals surface area (Å²) in [5.74, 6) is -0.0542. The number of aromatic nitrogens is 2. The van der Waals surface area contributed by atoms with Gasteiger partial charge in [0.2, 0.25) is 0 Å². The van der Waals surface area contributed by atoms with Crippen molar-refractivity contribution < 1.29 is 9.90 Å². The van der Waals surface area contributed by atoms with Crippen molar-refractivity contribution in [3.8, 4) is 0 Å². The van der Waals surface area contributed by atoms with E-state index in [0.717, 1.165) is 12.1 Å². The second-order valence-electron chi connectivity index (χ2n) is 3.63. The highest BCUT2D eigenvalue weighted by Gasteiger charge is 2.19. The predicted molar refractivity (Wildman–Crippen MR) is 61.2 cm³/mol. The number of hydrogen-bond donors (Lipinski definition) is 1. The fraction of sp³-hybridized carbons (Fsp3) is 0.636. The zero-order valence-electron chi connectivity index (χ0n) is 10.1. The van der Waals surface area contributed by atoms with Gasteiger partial charge in [0.15, 0.2) is 0 Å². The second kappa shape index (κ2) is 5.65. The molecule has 5 nitrogen and oxygen atoms in total. The molecule has 0 fully saturated rings. The van der Waals surface area contributed by atoms with E-state index in [-0.39, 0.29) is 12.5 Å². The molecule has 1 aromatic rings. The van der Waals surface area contributed by atoms with Gasteiger partial charge >= 0.3 is 0 Å². The number of carbonyl (C=O) groups is 1. The van der Waals surface area contributed by atoms with Crippen molar-refractivity contribution in [1.29, 1.82) is 0 Å². The van der Waals surface area contributed by atoms with Gasteiger partial charge in [-0.25, -0.2) is 0 Å². The van der Waals surface area contributed by atoms with Crippen molar-refractivity contribution in [1.82, 2.24) is 14.7 Å². The molecule has 0 saturated heterocycles. The van der Waals surface area contributed by atoms with Crippen LogP contribution in [0.2, 0.25) is 0 Å². The smallest absolute Gasteiger partial charge is 0.257 e. The summed E-state index contributed by atoms with van der Waals surface area (Å²) < 4.78 is 1.65. The summed E-state index contributed by atoms with van der Waals surface area (Å²) in [6, 6.07) is 0. The molecule has 1 N–H and O–H groups in total. The van der Waals surface area contributed by atoms with Gasteiger partial charge < -0.3 is 10.0 Å². The number of likely N-dealkylation sites (N-methyl/N-ethyl adjacent to an activating group) is 1. The van der Waals surface area contributed by atoms with Gasteiger partial charge in [-0.2, -0.15) is 5.10 Å². The highest BCUT2D eigenvalue weighted by molar-refractivity contribution is 5.95. The summed E-state index contributed by atoms with van der Waals surface area (Å²) in [5.41, 5.74) is 1.45. The quantitative estimate of drug-likeness (QED) is 0.791. The Labute approximate surface area is 95.7 Å². The first-order valence-corrected chi connectivity index (χ1v) is 5.56. The van der Waals surface area contributed by atoms with Gasteiger partial charge in [0.25, 0.3) is 5.91 Å². The number of aliphatic hydroxyl groups excluding tert-OH is 1. The Morgan fingerprint density at radius 1 is 1.56 bits per heavy atom. The number of carbonyl (C=O) groups excluding carboxylic acids is 1. The van der Waals surface area contributed by atoms with Crippen LogP contribution >= 0.6 is 0 Å². The molecule has 1 heterocycles. The number of aliphatic hydroxyl groups is 1. The maximum absolute atomic E-state index is 12.1. The molecule has 1 rings (SSSR count). The average Bonchev–Trinajstić information content (AvgIpc) is 2.66. The van der Waals surface area contributed by atoms with Gasteiger partial charge in [0, 0.05) is 26.3 Å². The fourth-order valence-corrected chi connectivity index (χ4v) is 1.67. The zero-order chi connectivity index (χ0) is 12.1. The summed E-state index contributed by atoms with van der Waals surface area (Å²) in [5, 5.41) is 13.1. The monoisotopic (exact) mass is 225 g/mol. The van der Waals surface area contributed by atoms with Crippen molar-refractivity contribution in [2.45, 2.75) is 20.3 Å². The van der Waals surface area contributed by atoms with E-state index < -0.39 is 0 Å². The number of hydrogen-bond acceptors (Lipinski definition) is 3. The molecule has 1 amide bonds. The number of nitrogens with zero attached hydrogens (tertiary/aromatic N) is 3. The van der Waals surface area contributed by atoms with Gasteiger partial charge in [-0.15, -0.1) is 0 Å². The van der Waals surface area contributed by atoms with E-state index in [2.05, 4.69) is 5.10 Å². The van der Waals surface area contributed by atoms with Crippen LogP contribution in [0.25, 0.3) is 0 Å². The lowest BCUT2D eigenvalue weighted by atomic mass is 10.2. The van der Waals surface area contributed by atoms with Crippen LogP contribution in [-0.2, 0) is 13.5 Å². The van der Waals surface area contributed by atoms with Crippen LogP contribution in [0.15, 0.2) is 6.20 Å². The molecule has 90 valence electrons. The molecule has 0 aromatic carbocycles. The normalized spacial score (nSPS) is 10.5. The summed E-state index contributed by atoms with van der Waals surface area (Å²) in [4.78, 5) is 13.7. The summed E-state index contributed by atoms with van der Waals surface area (Å²) in [6.07, 6.45) is 2.47. The molecular formula is C11H19N3O2. The molecule has 1 aromatic heterocycles. The van der Waals surface area contributed by atoms with Crippen LogP contribution in [0, 0.1) is 0 Å². The SMILES string of the molecule is CCc1nn(C)cc1C(=O)N(CC)CCO. The third kappa shape index (κ3) is 2.61. The van der Waals surface area contributed by atoms with E-state index in [1.54, 1.807) is 22.8 Å². The summed E-state index contributed by atoms with van der Waals surface area (Å²) in [7, 11) is 1.80. The second-order valence-corrected chi connectivity index (χ2v) is 3.63. The van der Waals surface area contributed by atoms with Crippen LogP contribution in [-0.4, -0.2) is 45.4 Å². The van der Waals surface area contributed by atoms with Crippen LogP contribution in [0.3, 0.4) is 0 Å². The summed E-state index contributed by atoms with van der Waals surface area (Å²) in [6.45, 7) is 4.82. The lowest BCUT2D eigenvalue weighted by molar-refractivity contribution is 0.0731. The van der Waals surface area contributed by atoms with E-state index in [1.807, 2.05) is 13.8 Å². The Balaban J connectivity index is 2.93. The Morgan fingerprint density at radius 3 is 2.75 bits per heavy atom. The molecule has 16 heavy (non-hydrogen) atoms. The first kappa shape index (κ1) is 12.7. The van der Waals surface area contributed by atoms with E-state index in [4.69, 9.17) is 5.11 Å². The largest absolute Gasteiger partial charge is 0.395 e. The third-order valence-electron chi connectivity index (χ3n) is 2.51. The Kier molecular flexibility index (Phi) is 4.49. The number of rotatable bonds is 5. The minimum Gasteiger partial charge on any atom is -0.395 e. The maximum Gasteiger partial charge on any atom is 0.257 e. The Morgan fingerprint density at radius 2 is 2.25 bits per heavy atom. The minimum absolute atomic E-state index is 0.0126. The van der Waals surface area contributed by atoms with Gasteiger partial charge in [-0.1, -0.05) is 6.92 Å². The molecule has 0 atom stereocenters. The highest BCUT2D eigenvalue weighted by Crippen LogP contribution is 2.10. The molecule has 0 unspecified atom stereocenters. The van der Waals surface area contributed by atoms with Crippen LogP contribution < -0.4 is 0 Å². The molecular weight excluding hydrogens is 206 g/mol. The van der Waals surface area contributed by atoms with Gasteiger partial charge in [-0.05, 0) is 13.3 Å². The number of aryl methyl sites for hydroxylation is 2. The van der Waals surface area contributed by atoms with Gasteiger partial charge in [-0.3, -0.25) is 9.48 Å². The molecule has 0 aliphatic carbocycles. The van der Waals surface area contributed by atoms with Gasteiger partial charge in [0.05, 0.1) is 17.9 Å². The lowest BCUT2D eigenvalue weighted by Gasteiger charge is -2.19. The van der Waals surface area contributed by atoms with Crippen LogP contribution in [0.4, 0.5) is 0 Å². The van der Waals surface area contributed by atoms with Crippen LogP contribution in [0.5, 0.6) is 0 Å². The Bertz CT molecular complexity index is 360. The van der Waals surface area contributed by atoms with E-state index in [0.29, 0.717) is 18.7 Å². The van der Waals surface area contributed by atoms with E-state index in [1.165, 1.54) is 0 Å². The molecule has 0 aliphatic heterocycles. The molecule has 0 bridgehead atoms. The summed E-state index contributed by atoms with van der Waals surface area (Å²) >= 11 is 0. The van der Waals surface area contributed by atoms with Gasteiger partial charge in [0.1, 0.15) is 0 Å². The fourth-order valence-electron chi connectivity index (χ4n) is 1.67. The van der Waals surface area contributed by atoms with E-state index in [9.17, 15) is 4.79 Å². The third-order valence-corrected chi connectivity index (χ3v) is 2.51. The molecule has 0 spiro atoms. The van der Waals surface area contributed by atoms with Crippen molar-refractivity contribution in [3.05, 3.63) is 17.5 Å². The Hall–Kier alpha value is -1.36. The maximum atomic E-state index is 12.1. The standard InChI is InChI=1S/C11H19N3O2/c1-4-10-9(8-13(3)12-10)11(16)14(5-2)6-7-15/h8,15H,4-7H2,1-3H3. The topological polar surface area (TPSA) is 58.4 Å². The van der Waals surface area contributed by atoms with Crippen molar-refractivity contribution >= 4 is 5.91 Å². The molecule has 0 saturated carbocycles. The first-order chi connectivity index (χ1) is 7.63. The molecule has 5 heteroatoms. The molecule has 0 radical (unpaired) electrons. The predicted octanol–water partition coefficient (Wildman–Crippen LogP) is 0.437. The zero-order valence-corrected chi connectivity index (χ0v) is 10.1. The average molecular weight is 225 g/mol. The molecule has 0 aliphatic rings. The first-order valence-electron chi connectivity index (χ1n) is 5.56. The highest BCUT2D eigenvalue weighted by atomic mass is 16.3. The van der Waals surface area contributed by atoms with Crippen LogP contribution in [0.1, 0.15) is 29.9 Å². The number of amides is 1. The lowest BCUT2D eigenvalue weighted by Crippen LogP contribution is -2.33. The van der Waals surface area contributed by atoms with Crippen molar-refractivity contribution in [3.63, 3.8) is 0 Å². The van der Waals surface area contributed by atoms with E-state index >= 15 is 0 Å².